The number of nitrogens with one attached hydrogen (secondary N) is 1. The molecule has 0 spiro atoms. The number of rotatable bonds is 5. The smallest absolute Gasteiger partial charge is 0.277 e. The van der Waals surface area contributed by atoms with Crippen LogP contribution in [0.5, 0.6) is 0 Å². The number of aliphatic imine (C=N–C) groups is 1. The first-order chi connectivity index (χ1) is 13.5. The summed E-state index contributed by atoms with van der Waals surface area (Å²) in [4.78, 5) is 47.9. The highest BCUT2D eigenvalue weighted by Crippen LogP contribution is 2.29. The minimum atomic E-state index is -0.499. The fraction of sp³-hybridized carbons (Fsp3) is 0.474. The number of carbonyl (C=O) groups excluding carboxylic acids is 3. The van der Waals surface area contributed by atoms with E-state index in [1.807, 2.05) is 0 Å². The van der Waals surface area contributed by atoms with Gasteiger partial charge in [-0.25, -0.2) is 5.06 Å². The molecule has 2 heterocycles. The minimum absolute atomic E-state index is 0.0422. The number of anilines is 1. The van der Waals surface area contributed by atoms with E-state index in [0.717, 1.165) is 36.2 Å². The number of likely N-dealkylation sites (tertiary alicyclic amines) is 1. The normalized spacial score (nSPS) is 19.4. The molecule has 3 rings (SSSR count). The lowest BCUT2D eigenvalue weighted by molar-refractivity contribution is -0.121. The molecular weight excluding hydrogens is 380 g/mol. The van der Waals surface area contributed by atoms with Crippen LogP contribution < -0.4 is 5.32 Å². The highest BCUT2D eigenvalue weighted by molar-refractivity contribution is 8.15. The highest BCUT2D eigenvalue weighted by atomic mass is 32.2. The van der Waals surface area contributed by atoms with Crippen LogP contribution in [0.25, 0.3) is 0 Å². The maximum atomic E-state index is 12.4. The van der Waals surface area contributed by atoms with Crippen molar-refractivity contribution in [2.75, 3.05) is 32.6 Å². The van der Waals surface area contributed by atoms with Gasteiger partial charge >= 0.3 is 0 Å². The molecule has 0 saturated carbocycles. The molecule has 9 heteroatoms. The molecule has 2 aliphatic heterocycles. The van der Waals surface area contributed by atoms with Crippen molar-refractivity contribution in [3.8, 4) is 0 Å². The van der Waals surface area contributed by atoms with Crippen molar-refractivity contribution in [2.45, 2.75) is 30.9 Å². The monoisotopic (exact) mass is 404 g/mol. The first-order valence-electron chi connectivity index (χ1n) is 9.24. The molecule has 0 unspecified atom stereocenters. The Labute approximate surface area is 168 Å². The number of carbonyl (C=O) groups is 3. The second-order valence-electron chi connectivity index (χ2n) is 6.71. The molecule has 1 aromatic rings. The van der Waals surface area contributed by atoms with E-state index in [4.69, 9.17) is 4.84 Å². The molecule has 2 aliphatic rings. The van der Waals surface area contributed by atoms with Crippen LogP contribution in [-0.2, 0) is 14.4 Å². The number of amidine groups is 1. The molecule has 150 valence electrons. The van der Waals surface area contributed by atoms with Crippen molar-refractivity contribution < 1.29 is 19.2 Å². The Morgan fingerprint density at radius 2 is 2.07 bits per heavy atom. The standard InChI is InChI=1S/C19H24N4O4S/c1-22(27-2)18(26)13-7-6-8-14(11-13)20-16(24)12-15-17(25)21-19(28-15)23-9-4-3-5-10-23/h6-8,11,15H,3-5,9-10,12H2,1-2H3,(H,20,24)/t15-/m0/s1. The largest absolute Gasteiger partial charge is 0.351 e. The zero-order chi connectivity index (χ0) is 20.1. The topological polar surface area (TPSA) is 91.3 Å². The molecule has 1 fully saturated rings. The van der Waals surface area contributed by atoms with Gasteiger partial charge in [0.25, 0.3) is 11.8 Å². The number of nitrogens with zero attached hydrogens (tertiary/aromatic N) is 3. The summed E-state index contributed by atoms with van der Waals surface area (Å²) in [7, 11) is 2.91. The van der Waals surface area contributed by atoms with E-state index in [0.29, 0.717) is 11.3 Å². The van der Waals surface area contributed by atoms with Gasteiger partial charge in [-0.3, -0.25) is 19.2 Å². The summed E-state index contributed by atoms with van der Waals surface area (Å²) in [6, 6.07) is 6.60. The molecule has 0 aromatic heterocycles. The third-order valence-corrected chi connectivity index (χ3v) is 5.89. The van der Waals surface area contributed by atoms with Crippen molar-refractivity contribution >= 4 is 40.3 Å². The van der Waals surface area contributed by atoms with E-state index in [1.165, 1.54) is 32.3 Å². The first kappa shape index (κ1) is 20.3. The Hall–Kier alpha value is -2.39. The zero-order valence-electron chi connectivity index (χ0n) is 16.0. The van der Waals surface area contributed by atoms with Crippen LogP contribution in [-0.4, -0.2) is 65.3 Å². The van der Waals surface area contributed by atoms with Gasteiger partial charge in [0.05, 0.1) is 7.11 Å². The van der Waals surface area contributed by atoms with Gasteiger partial charge in [-0.05, 0) is 37.5 Å². The van der Waals surface area contributed by atoms with Crippen molar-refractivity contribution in [3.05, 3.63) is 29.8 Å². The zero-order valence-corrected chi connectivity index (χ0v) is 16.8. The molecule has 1 atom stereocenters. The number of thioether (sulfide) groups is 1. The van der Waals surface area contributed by atoms with Crippen LogP contribution in [0.15, 0.2) is 29.3 Å². The Balaban J connectivity index is 1.56. The summed E-state index contributed by atoms with van der Waals surface area (Å²) in [5.41, 5.74) is 0.886. The number of benzene rings is 1. The second-order valence-corrected chi connectivity index (χ2v) is 7.88. The van der Waals surface area contributed by atoms with Gasteiger partial charge in [-0.15, -0.1) is 0 Å². The van der Waals surface area contributed by atoms with E-state index < -0.39 is 5.25 Å². The molecule has 0 aliphatic carbocycles. The van der Waals surface area contributed by atoms with Crippen LogP contribution >= 0.6 is 11.8 Å². The fourth-order valence-electron chi connectivity index (χ4n) is 3.10. The average Bonchev–Trinajstić information content (AvgIpc) is 3.07. The number of hydrogen-bond acceptors (Lipinski definition) is 6. The van der Waals surface area contributed by atoms with E-state index in [2.05, 4.69) is 15.2 Å². The van der Waals surface area contributed by atoms with Crippen LogP contribution in [0.1, 0.15) is 36.0 Å². The van der Waals surface area contributed by atoms with Gasteiger partial charge in [0.2, 0.25) is 5.91 Å². The Morgan fingerprint density at radius 1 is 1.32 bits per heavy atom. The van der Waals surface area contributed by atoms with Crippen molar-refractivity contribution in [3.63, 3.8) is 0 Å². The first-order valence-corrected chi connectivity index (χ1v) is 10.1. The maximum Gasteiger partial charge on any atom is 0.277 e. The van der Waals surface area contributed by atoms with Gasteiger partial charge in [-0.2, -0.15) is 4.99 Å². The van der Waals surface area contributed by atoms with Crippen LogP contribution in [0.2, 0.25) is 0 Å². The third kappa shape index (κ3) is 4.90. The fourth-order valence-corrected chi connectivity index (χ4v) is 4.22. The van der Waals surface area contributed by atoms with E-state index >= 15 is 0 Å². The van der Waals surface area contributed by atoms with Crippen molar-refractivity contribution in [1.29, 1.82) is 0 Å². The Kier molecular flexibility index (Phi) is 6.69. The van der Waals surface area contributed by atoms with E-state index in [9.17, 15) is 14.4 Å². The van der Waals surface area contributed by atoms with E-state index in [1.54, 1.807) is 24.3 Å². The summed E-state index contributed by atoms with van der Waals surface area (Å²) in [5.74, 6) is -0.864. The summed E-state index contributed by atoms with van der Waals surface area (Å²) < 4.78 is 0. The van der Waals surface area contributed by atoms with Crippen LogP contribution in [0.4, 0.5) is 5.69 Å². The molecule has 3 amide bonds. The lowest BCUT2D eigenvalue weighted by Crippen LogP contribution is -2.33. The lowest BCUT2D eigenvalue weighted by Gasteiger charge is -2.27. The minimum Gasteiger partial charge on any atom is -0.351 e. The summed E-state index contributed by atoms with van der Waals surface area (Å²) in [5, 5.41) is 4.10. The van der Waals surface area contributed by atoms with Gasteiger partial charge in [-0.1, -0.05) is 17.8 Å². The number of hydrogen-bond donors (Lipinski definition) is 1. The van der Waals surface area contributed by atoms with Gasteiger partial charge in [0.1, 0.15) is 5.25 Å². The quantitative estimate of drug-likeness (QED) is 0.756. The lowest BCUT2D eigenvalue weighted by atomic mass is 10.1. The molecule has 1 saturated heterocycles. The van der Waals surface area contributed by atoms with Crippen molar-refractivity contribution in [2.24, 2.45) is 4.99 Å². The number of amides is 3. The molecule has 0 radical (unpaired) electrons. The summed E-state index contributed by atoms with van der Waals surface area (Å²) >= 11 is 1.37. The molecule has 28 heavy (non-hydrogen) atoms. The molecule has 8 nitrogen and oxygen atoms in total. The Bertz CT molecular complexity index is 792. The molecular formula is C19H24N4O4S. The molecule has 1 aromatic carbocycles. The van der Waals surface area contributed by atoms with Crippen LogP contribution in [0, 0.1) is 0 Å². The summed E-state index contributed by atoms with van der Waals surface area (Å²) in [6.07, 6.45) is 3.45. The van der Waals surface area contributed by atoms with Gasteiger partial charge < -0.3 is 10.2 Å². The highest BCUT2D eigenvalue weighted by Gasteiger charge is 2.33. The van der Waals surface area contributed by atoms with E-state index in [-0.39, 0.29) is 24.1 Å². The number of hydroxylamine groups is 2. The molecule has 1 N–H and O–H groups in total. The third-order valence-electron chi connectivity index (χ3n) is 4.68. The number of piperidine rings is 1. The van der Waals surface area contributed by atoms with Gasteiger partial charge in [0, 0.05) is 37.8 Å². The SMILES string of the molecule is CON(C)C(=O)c1cccc(NC(=O)C[C@@H]2SC(N3CCCCC3)=NC2=O)c1. The van der Waals surface area contributed by atoms with Crippen molar-refractivity contribution in [1.82, 2.24) is 9.96 Å². The predicted molar refractivity (Wildman–Crippen MR) is 108 cm³/mol. The average molecular weight is 404 g/mol. The Morgan fingerprint density at radius 3 is 2.79 bits per heavy atom. The predicted octanol–water partition coefficient (Wildman–Crippen LogP) is 2.13. The molecule has 0 bridgehead atoms. The second kappa shape index (κ2) is 9.20. The summed E-state index contributed by atoms with van der Waals surface area (Å²) in [6.45, 7) is 1.82. The maximum absolute atomic E-state index is 12.4. The van der Waals surface area contributed by atoms with Crippen LogP contribution in [0.3, 0.4) is 0 Å². The van der Waals surface area contributed by atoms with Gasteiger partial charge in [0.15, 0.2) is 5.17 Å².